The van der Waals surface area contributed by atoms with Gasteiger partial charge in [0, 0.05) is 43.7 Å². The molecule has 25 heavy (non-hydrogen) atoms. The fourth-order valence-corrected chi connectivity index (χ4v) is 4.56. The summed E-state index contributed by atoms with van der Waals surface area (Å²) in [6.07, 6.45) is 0.381. The van der Waals surface area contributed by atoms with Crippen LogP contribution >= 0.6 is 0 Å². The quantitative estimate of drug-likeness (QED) is 0.810. The van der Waals surface area contributed by atoms with E-state index in [1.165, 1.54) is 14.7 Å². The number of aromatic nitrogens is 1. The largest absolute Gasteiger partial charge is 0.360 e. The summed E-state index contributed by atoms with van der Waals surface area (Å²) in [6, 6.07) is 3.44. The topological polar surface area (TPSA) is 66.7 Å². The van der Waals surface area contributed by atoms with Crippen molar-refractivity contribution in [1.29, 1.82) is 0 Å². The van der Waals surface area contributed by atoms with Gasteiger partial charge in [0.25, 0.3) is 10.2 Å². The van der Waals surface area contributed by atoms with E-state index in [2.05, 4.69) is 5.16 Å². The van der Waals surface area contributed by atoms with Gasteiger partial charge in [-0.25, -0.2) is 8.78 Å². The lowest BCUT2D eigenvalue weighted by molar-refractivity contribution is 0.308. The Morgan fingerprint density at radius 3 is 2.60 bits per heavy atom. The molecule has 0 saturated carbocycles. The minimum Gasteiger partial charge on any atom is -0.360 e. The molecule has 0 N–H and O–H groups in total. The van der Waals surface area contributed by atoms with E-state index in [4.69, 9.17) is 4.52 Å². The first-order chi connectivity index (χ1) is 11.9. The molecular weight excluding hydrogens is 352 g/mol. The van der Waals surface area contributed by atoms with Crippen LogP contribution in [0.4, 0.5) is 8.78 Å². The van der Waals surface area contributed by atoms with Gasteiger partial charge in [0.2, 0.25) is 0 Å². The number of hydrogen-bond acceptors (Lipinski definition) is 4. The van der Waals surface area contributed by atoms with Gasteiger partial charge < -0.3 is 4.52 Å². The predicted molar refractivity (Wildman–Crippen MR) is 87.8 cm³/mol. The molecule has 0 saturated heterocycles. The van der Waals surface area contributed by atoms with Crippen molar-refractivity contribution in [2.75, 3.05) is 19.6 Å². The molecule has 136 valence electrons. The molecule has 1 aromatic heterocycles. The average Bonchev–Trinajstić information content (AvgIpc) is 3.01. The van der Waals surface area contributed by atoms with Gasteiger partial charge in [-0.3, -0.25) is 0 Å². The van der Waals surface area contributed by atoms with Gasteiger partial charge in [0.05, 0.1) is 0 Å². The van der Waals surface area contributed by atoms with E-state index >= 15 is 0 Å². The number of hydrogen-bond donors (Lipinski definition) is 0. The van der Waals surface area contributed by atoms with Crippen LogP contribution < -0.4 is 0 Å². The van der Waals surface area contributed by atoms with E-state index in [1.807, 2.05) is 0 Å². The van der Waals surface area contributed by atoms with Crippen molar-refractivity contribution in [1.82, 2.24) is 13.8 Å². The normalized spacial score (nSPS) is 15.6. The van der Waals surface area contributed by atoms with Crippen molar-refractivity contribution >= 4 is 10.2 Å². The van der Waals surface area contributed by atoms with Crippen LogP contribution in [0.5, 0.6) is 0 Å². The van der Waals surface area contributed by atoms with Gasteiger partial charge in [0.15, 0.2) is 11.6 Å². The Morgan fingerprint density at radius 1 is 1.24 bits per heavy atom. The Labute approximate surface area is 145 Å². The second kappa shape index (κ2) is 6.81. The number of fused-ring (bicyclic) bond motifs is 1. The molecule has 2 heterocycles. The summed E-state index contributed by atoms with van der Waals surface area (Å²) in [4.78, 5) is 0. The molecule has 0 radical (unpaired) electrons. The van der Waals surface area contributed by atoms with Gasteiger partial charge >= 0.3 is 0 Å². The molecule has 0 spiro atoms. The van der Waals surface area contributed by atoms with Crippen molar-refractivity contribution in [3.8, 4) is 11.3 Å². The Balaban J connectivity index is 1.96. The summed E-state index contributed by atoms with van der Waals surface area (Å²) in [7, 11) is -3.60. The summed E-state index contributed by atoms with van der Waals surface area (Å²) in [5.41, 5.74) is 1.28. The van der Waals surface area contributed by atoms with Crippen LogP contribution in [0.1, 0.15) is 25.2 Å². The van der Waals surface area contributed by atoms with Crippen LogP contribution in [0.15, 0.2) is 22.7 Å². The first-order valence-corrected chi connectivity index (χ1v) is 9.46. The lowest BCUT2D eigenvalue weighted by atomic mass is 10.0. The maximum Gasteiger partial charge on any atom is 0.282 e. The van der Waals surface area contributed by atoms with Crippen molar-refractivity contribution in [2.45, 2.75) is 26.8 Å². The fraction of sp³-hybridized carbons (Fsp3) is 0.438. The average molecular weight is 371 g/mol. The van der Waals surface area contributed by atoms with Crippen LogP contribution in [-0.2, 0) is 23.2 Å². The minimum absolute atomic E-state index is 0.0893. The van der Waals surface area contributed by atoms with Crippen molar-refractivity contribution in [3.05, 3.63) is 41.2 Å². The number of halogens is 2. The van der Waals surface area contributed by atoms with Crippen LogP contribution in [0.3, 0.4) is 0 Å². The highest BCUT2D eigenvalue weighted by molar-refractivity contribution is 7.86. The molecule has 2 aromatic rings. The van der Waals surface area contributed by atoms with Crippen molar-refractivity contribution in [3.63, 3.8) is 0 Å². The third kappa shape index (κ3) is 3.19. The summed E-state index contributed by atoms with van der Waals surface area (Å²) >= 11 is 0. The third-order valence-corrected chi connectivity index (χ3v) is 6.48. The molecule has 0 atom stereocenters. The standard InChI is InChI=1S/C16H19F2N3O3S/c1-3-20(4-2)25(22,23)21-8-7-15-12(10-21)16(19-24-15)11-5-6-13(17)14(18)9-11/h5-6,9H,3-4,7-8,10H2,1-2H3. The smallest absolute Gasteiger partial charge is 0.282 e. The van der Waals surface area contributed by atoms with E-state index in [0.717, 1.165) is 12.1 Å². The van der Waals surface area contributed by atoms with E-state index in [1.54, 1.807) is 13.8 Å². The zero-order valence-electron chi connectivity index (χ0n) is 14.0. The van der Waals surface area contributed by atoms with Gasteiger partial charge in [-0.1, -0.05) is 19.0 Å². The van der Waals surface area contributed by atoms with Crippen molar-refractivity contribution < 1.29 is 21.7 Å². The third-order valence-electron chi connectivity index (χ3n) is 4.34. The van der Waals surface area contributed by atoms with Crippen LogP contribution in [0, 0.1) is 11.6 Å². The molecular formula is C16H19F2N3O3S. The summed E-state index contributed by atoms with van der Waals surface area (Å²) < 4.78 is 60.1. The highest BCUT2D eigenvalue weighted by Crippen LogP contribution is 2.32. The molecule has 0 unspecified atom stereocenters. The Bertz CT molecular complexity index is 879. The Hall–Kier alpha value is -1.84. The van der Waals surface area contributed by atoms with Gasteiger partial charge in [-0.05, 0) is 18.2 Å². The molecule has 1 aliphatic rings. The molecule has 0 fully saturated rings. The highest BCUT2D eigenvalue weighted by Gasteiger charge is 2.34. The highest BCUT2D eigenvalue weighted by atomic mass is 32.2. The van der Waals surface area contributed by atoms with E-state index < -0.39 is 21.8 Å². The zero-order chi connectivity index (χ0) is 18.2. The number of nitrogens with zero attached hydrogens (tertiary/aromatic N) is 3. The lowest BCUT2D eigenvalue weighted by Crippen LogP contribution is -2.45. The van der Waals surface area contributed by atoms with Crippen molar-refractivity contribution in [2.24, 2.45) is 0 Å². The Kier molecular flexibility index (Phi) is 4.90. The van der Waals surface area contributed by atoms with Crippen LogP contribution in [0.25, 0.3) is 11.3 Å². The summed E-state index contributed by atoms with van der Waals surface area (Å²) in [6.45, 7) is 4.69. The fourth-order valence-electron chi connectivity index (χ4n) is 2.96. The van der Waals surface area contributed by atoms with E-state index in [-0.39, 0.29) is 13.1 Å². The summed E-state index contributed by atoms with van der Waals surface area (Å²) in [5, 5.41) is 3.94. The van der Waals surface area contributed by atoms with Crippen LogP contribution in [-0.4, -0.2) is 41.8 Å². The zero-order valence-corrected chi connectivity index (χ0v) is 14.8. The molecule has 3 rings (SSSR count). The van der Waals surface area contributed by atoms with Crippen LogP contribution in [0.2, 0.25) is 0 Å². The van der Waals surface area contributed by atoms with E-state index in [0.29, 0.717) is 42.1 Å². The maximum absolute atomic E-state index is 13.5. The molecule has 0 amide bonds. The first-order valence-electron chi connectivity index (χ1n) is 8.06. The monoisotopic (exact) mass is 371 g/mol. The molecule has 1 aliphatic heterocycles. The molecule has 6 nitrogen and oxygen atoms in total. The predicted octanol–water partition coefficient (Wildman–Crippen LogP) is 2.56. The second-order valence-corrected chi connectivity index (χ2v) is 7.67. The minimum atomic E-state index is -3.60. The van der Waals surface area contributed by atoms with Gasteiger partial charge in [-0.2, -0.15) is 17.0 Å². The lowest BCUT2D eigenvalue weighted by Gasteiger charge is -2.30. The second-order valence-electron chi connectivity index (χ2n) is 5.74. The maximum atomic E-state index is 13.5. The van der Waals surface area contributed by atoms with Gasteiger partial charge in [-0.15, -0.1) is 0 Å². The molecule has 1 aromatic carbocycles. The number of benzene rings is 1. The molecule has 0 aliphatic carbocycles. The van der Waals surface area contributed by atoms with Gasteiger partial charge in [0.1, 0.15) is 11.5 Å². The first kappa shape index (κ1) is 18.0. The van der Waals surface area contributed by atoms with E-state index in [9.17, 15) is 17.2 Å². The SMILES string of the molecule is CCN(CC)S(=O)(=O)N1CCc2onc(-c3ccc(F)c(F)c3)c2C1. The number of rotatable bonds is 5. The Morgan fingerprint density at radius 2 is 1.96 bits per heavy atom. The summed E-state index contributed by atoms with van der Waals surface area (Å²) in [5.74, 6) is -1.37. The molecule has 9 heteroatoms. The molecule has 0 bridgehead atoms.